The van der Waals surface area contributed by atoms with Crippen molar-refractivity contribution in [3.63, 3.8) is 0 Å². The van der Waals surface area contributed by atoms with Gasteiger partial charge in [0.2, 0.25) is 7.42 Å². The lowest BCUT2D eigenvalue weighted by molar-refractivity contribution is 0.513. The minimum Gasteiger partial charge on any atom is -0.150 e. The van der Waals surface area contributed by atoms with Crippen LogP contribution in [0.3, 0.4) is 0 Å². The molecule has 0 aliphatic carbocycles. The molecule has 0 N–H and O–H groups in total. The van der Waals surface area contributed by atoms with Gasteiger partial charge in [-0.3, -0.25) is 0 Å². The van der Waals surface area contributed by atoms with Crippen molar-refractivity contribution in [2.24, 2.45) is 0 Å². The van der Waals surface area contributed by atoms with Crippen molar-refractivity contribution >= 4 is 41.2 Å². The molecule has 0 atom stereocenters. The van der Waals surface area contributed by atoms with E-state index in [1.54, 1.807) is 0 Å². The lowest BCUT2D eigenvalue weighted by Gasteiger charge is -2.05. The minimum atomic E-state index is -1.34. The van der Waals surface area contributed by atoms with Gasteiger partial charge >= 0.3 is 0 Å². The standard InChI is InChI=1S/C32H65Cl3Si/c33-31-29-27-25-23-21-19-17-15-13-11-9-7-5-3-1-2-4-6-8-10-12-14-16-18-20-22-24-26-28-30-32-36(34)35/h36H,1-32H2. The van der Waals surface area contributed by atoms with Crippen molar-refractivity contribution in [2.75, 3.05) is 5.88 Å². The predicted octanol–water partition coefficient (Wildman–Crippen LogP) is 13.6. The molecule has 0 heterocycles. The van der Waals surface area contributed by atoms with Crippen LogP contribution in [0.1, 0.15) is 193 Å². The van der Waals surface area contributed by atoms with Crippen molar-refractivity contribution in [1.82, 2.24) is 0 Å². The third-order valence-corrected chi connectivity index (χ3v) is 10.2. The van der Waals surface area contributed by atoms with Gasteiger partial charge in [0.15, 0.2) is 0 Å². The van der Waals surface area contributed by atoms with Gasteiger partial charge in [0.1, 0.15) is 0 Å². The molecule has 0 amide bonds. The first kappa shape index (κ1) is 37.1. The van der Waals surface area contributed by atoms with E-state index in [2.05, 4.69) is 0 Å². The first-order valence-corrected chi connectivity index (χ1v) is 21.5. The summed E-state index contributed by atoms with van der Waals surface area (Å²) in [6.07, 6.45) is 43.0. The van der Waals surface area contributed by atoms with E-state index in [0.29, 0.717) is 0 Å². The van der Waals surface area contributed by atoms with Crippen LogP contribution in [-0.4, -0.2) is 13.3 Å². The molecule has 0 saturated carbocycles. The van der Waals surface area contributed by atoms with E-state index in [9.17, 15) is 0 Å². The van der Waals surface area contributed by atoms with E-state index >= 15 is 0 Å². The molecule has 0 rings (SSSR count). The van der Waals surface area contributed by atoms with Crippen LogP contribution >= 0.6 is 33.8 Å². The third-order valence-electron chi connectivity index (χ3n) is 7.81. The van der Waals surface area contributed by atoms with E-state index in [1.165, 1.54) is 193 Å². The number of unbranched alkanes of at least 4 members (excludes halogenated alkanes) is 29. The molecule has 0 spiro atoms. The van der Waals surface area contributed by atoms with Crippen LogP contribution in [0.25, 0.3) is 0 Å². The highest BCUT2D eigenvalue weighted by atomic mass is 35.7. The molecule has 218 valence electrons. The lowest BCUT2D eigenvalue weighted by Crippen LogP contribution is -1.91. The van der Waals surface area contributed by atoms with Crippen molar-refractivity contribution in [1.29, 1.82) is 0 Å². The SMILES string of the molecule is ClCCCCCCCCCCCCCCCCCCCCCCCCCCCCCCCC[SiH](Cl)Cl. The zero-order valence-corrected chi connectivity index (χ0v) is 27.8. The second-order valence-corrected chi connectivity index (χ2v) is 17.0. The second-order valence-electron chi connectivity index (χ2n) is 11.5. The van der Waals surface area contributed by atoms with E-state index in [-0.39, 0.29) is 0 Å². The molecule has 0 aliphatic rings. The number of alkyl halides is 1. The molecular weight excluding hydrogens is 519 g/mol. The smallest absolute Gasteiger partial charge is 0.150 e. The molecule has 0 aromatic carbocycles. The molecule has 36 heavy (non-hydrogen) atoms. The molecule has 0 aromatic rings. The van der Waals surface area contributed by atoms with Crippen molar-refractivity contribution in [3.8, 4) is 0 Å². The normalized spacial score (nSPS) is 11.7. The number of rotatable bonds is 32. The molecule has 4 heteroatoms. The van der Waals surface area contributed by atoms with Crippen molar-refractivity contribution in [3.05, 3.63) is 0 Å². The van der Waals surface area contributed by atoms with E-state index in [4.69, 9.17) is 33.8 Å². The van der Waals surface area contributed by atoms with Gasteiger partial charge < -0.3 is 0 Å². The van der Waals surface area contributed by atoms with Crippen molar-refractivity contribution in [2.45, 2.75) is 199 Å². The predicted molar refractivity (Wildman–Crippen MR) is 173 cm³/mol. The van der Waals surface area contributed by atoms with Gasteiger partial charge in [-0.15, -0.1) is 11.6 Å². The Bertz CT molecular complexity index is 378. The Morgan fingerprint density at radius 2 is 0.417 bits per heavy atom. The van der Waals surface area contributed by atoms with Gasteiger partial charge in [0.25, 0.3) is 0 Å². The summed E-state index contributed by atoms with van der Waals surface area (Å²) in [7, 11) is -1.34. The summed E-state index contributed by atoms with van der Waals surface area (Å²) in [5.41, 5.74) is 0. The quantitative estimate of drug-likeness (QED) is 0.0319. The molecule has 0 aliphatic heterocycles. The van der Waals surface area contributed by atoms with Gasteiger partial charge in [-0.25, -0.2) is 0 Å². The van der Waals surface area contributed by atoms with Gasteiger partial charge in [0.05, 0.1) is 0 Å². The first-order valence-electron chi connectivity index (χ1n) is 16.6. The van der Waals surface area contributed by atoms with Crippen LogP contribution in [0.15, 0.2) is 0 Å². The Labute approximate surface area is 244 Å². The van der Waals surface area contributed by atoms with Gasteiger partial charge in [-0.2, -0.15) is 22.2 Å². The largest absolute Gasteiger partial charge is 0.237 e. The fraction of sp³-hybridized carbons (Fsp3) is 1.00. The summed E-state index contributed by atoms with van der Waals surface area (Å²) in [6.45, 7) is 0. The van der Waals surface area contributed by atoms with E-state index < -0.39 is 7.42 Å². The Balaban J connectivity index is 3.01. The molecule has 0 aromatic heterocycles. The summed E-state index contributed by atoms with van der Waals surface area (Å²) < 4.78 is 0. The summed E-state index contributed by atoms with van der Waals surface area (Å²) in [5, 5.41) is 0. The Morgan fingerprint density at radius 1 is 0.250 bits per heavy atom. The molecule has 0 saturated heterocycles. The average Bonchev–Trinajstić information content (AvgIpc) is 2.87. The Kier molecular flexibility index (Phi) is 35.1. The minimum absolute atomic E-state index is 0.843. The van der Waals surface area contributed by atoms with E-state index in [0.717, 1.165) is 11.9 Å². The number of hydrogen-bond donors (Lipinski definition) is 0. The third kappa shape index (κ3) is 35.1. The maximum Gasteiger partial charge on any atom is 0.237 e. The van der Waals surface area contributed by atoms with Crippen LogP contribution < -0.4 is 0 Å². The topological polar surface area (TPSA) is 0 Å². The highest BCUT2D eigenvalue weighted by molar-refractivity contribution is 7.33. The Hall–Kier alpha value is 1.09. The molecule has 0 nitrogen and oxygen atoms in total. The summed E-state index contributed by atoms with van der Waals surface area (Å²) in [6, 6.07) is 1.10. The van der Waals surface area contributed by atoms with E-state index in [1.807, 2.05) is 0 Å². The number of halogens is 3. The maximum atomic E-state index is 5.90. The summed E-state index contributed by atoms with van der Waals surface area (Å²) in [4.78, 5) is 0. The fourth-order valence-corrected chi connectivity index (χ4v) is 7.05. The van der Waals surface area contributed by atoms with Gasteiger partial charge in [-0.05, 0) is 12.5 Å². The monoisotopic (exact) mass is 582 g/mol. The highest BCUT2D eigenvalue weighted by Gasteiger charge is 2.01. The van der Waals surface area contributed by atoms with Crippen LogP contribution in [0.2, 0.25) is 6.04 Å². The Morgan fingerprint density at radius 3 is 0.583 bits per heavy atom. The van der Waals surface area contributed by atoms with Gasteiger partial charge in [-0.1, -0.05) is 186 Å². The molecule has 0 radical (unpaired) electrons. The summed E-state index contributed by atoms with van der Waals surface area (Å²) >= 11 is 17.5. The lowest BCUT2D eigenvalue weighted by atomic mass is 10.0. The van der Waals surface area contributed by atoms with Crippen LogP contribution in [0.5, 0.6) is 0 Å². The summed E-state index contributed by atoms with van der Waals surface area (Å²) in [5.74, 6) is 0.843. The average molecular weight is 584 g/mol. The van der Waals surface area contributed by atoms with Crippen molar-refractivity contribution < 1.29 is 0 Å². The zero-order chi connectivity index (χ0) is 26.2. The van der Waals surface area contributed by atoms with Crippen LogP contribution in [0, 0.1) is 0 Å². The maximum absolute atomic E-state index is 5.90. The first-order chi connectivity index (χ1) is 17.8. The molecular formula is C32H65Cl3Si. The van der Waals surface area contributed by atoms with Gasteiger partial charge in [0, 0.05) is 5.88 Å². The highest BCUT2D eigenvalue weighted by Crippen LogP contribution is 2.17. The fourth-order valence-electron chi connectivity index (χ4n) is 5.34. The van der Waals surface area contributed by atoms with Crippen LogP contribution in [-0.2, 0) is 0 Å². The zero-order valence-electron chi connectivity index (χ0n) is 24.3. The molecule has 0 unspecified atom stereocenters. The number of hydrogen-bond acceptors (Lipinski definition) is 0. The molecule has 0 bridgehead atoms. The van der Waals surface area contributed by atoms with Crippen LogP contribution in [0.4, 0.5) is 0 Å². The molecule has 0 fully saturated rings. The second kappa shape index (κ2) is 34.1.